The molecule has 3 aliphatic rings. The number of anilines is 1. The fraction of sp³-hybridized carbons (Fsp3) is 0.0976. The number of nitrogens with one attached hydrogen (secondary N) is 1. The lowest BCUT2D eigenvalue weighted by molar-refractivity contribution is 0.660. The van der Waals surface area contributed by atoms with Crippen molar-refractivity contribution in [2.45, 2.75) is 25.3 Å². The number of aromatic nitrogens is 1. The molecule has 45 heavy (non-hydrogen) atoms. The maximum absolute atomic E-state index is 6.38. The van der Waals surface area contributed by atoms with Crippen molar-refractivity contribution in [2.75, 3.05) is 5.32 Å². The zero-order chi connectivity index (χ0) is 29.6. The minimum atomic E-state index is -0.0171. The fourth-order valence-electron chi connectivity index (χ4n) is 8.43. The zero-order valence-corrected chi connectivity index (χ0v) is 24.8. The Morgan fingerprint density at radius 1 is 0.711 bits per heavy atom. The summed E-state index contributed by atoms with van der Waals surface area (Å²) in [5, 5.41) is 9.76. The maximum Gasteiger partial charge on any atom is 0.139 e. The van der Waals surface area contributed by atoms with Crippen LogP contribution in [0.4, 0.5) is 11.5 Å². The lowest BCUT2D eigenvalue weighted by Gasteiger charge is -2.23. The van der Waals surface area contributed by atoms with Gasteiger partial charge in [0.15, 0.2) is 0 Å². The van der Waals surface area contributed by atoms with Crippen molar-refractivity contribution >= 4 is 66.3 Å². The van der Waals surface area contributed by atoms with Crippen molar-refractivity contribution in [3.63, 3.8) is 0 Å². The minimum Gasteiger partial charge on any atom is -0.456 e. The lowest BCUT2D eigenvalue weighted by Crippen LogP contribution is -2.30. The van der Waals surface area contributed by atoms with Crippen molar-refractivity contribution in [1.29, 1.82) is 0 Å². The molecule has 4 nitrogen and oxygen atoms in total. The number of allylic oxidation sites excluding steroid dienone is 2. The summed E-state index contributed by atoms with van der Waals surface area (Å²) >= 11 is 0. The van der Waals surface area contributed by atoms with Crippen molar-refractivity contribution in [3.8, 4) is 22.3 Å². The number of hydrogen-bond acceptors (Lipinski definition) is 3. The van der Waals surface area contributed by atoms with E-state index in [1.54, 1.807) is 0 Å². The molecule has 4 heteroatoms. The quantitative estimate of drug-likeness (QED) is 0.211. The predicted octanol–water partition coefficient (Wildman–Crippen LogP) is 10.5. The molecule has 0 fully saturated rings. The standard InChI is InChI=1S/C41H27N3O/c1-41(2)30-11-5-3-9-24(30)27-19-22(15-17-31(27)41)23-20-28-25-16-18-35-36(26-10-4-8-14-34(26)45-35)39(25)44-38(28)29(21-23)37-40(44)43-33-13-7-6-12-32(33)42-37/h3-21,33,43H,1-2H3. The first-order valence-electron chi connectivity index (χ1n) is 15.7. The Balaban J connectivity index is 1.27. The lowest BCUT2D eigenvalue weighted by atomic mass is 9.82. The number of furan rings is 1. The number of rotatable bonds is 1. The van der Waals surface area contributed by atoms with Crippen molar-refractivity contribution < 1.29 is 4.42 Å². The first-order valence-corrected chi connectivity index (χ1v) is 15.7. The average molecular weight is 578 g/mol. The summed E-state index contributed by atoms with van der Waals surface area (Å²) in [5.74, 6) is 1.04. The van der Waals surface area contributed by atoms with Gasteiger partial charge in [0, 0.05) is 27.0 Å². The molecule has 0 bridgehead atoms. The Kier molecular flexibility index (Phi) is 4.18. The Bertz CT molecular complexity index is 2710. The first kappa shape index (κ1) is 23.8. The Morgan fingerprint density at radius 3 is 2.51 bits per heavy atom. The third-order valence-corrected chi connectivity index (χ3v) is 10.5. The van der Waals surface area contributed by atoms with Gasteiger partial charge in [-0.15, -0.1) is 0 Å². The fourth-order valence-corrected chi connectivity index (χ4v) is 8.43. The first-order chi connectivity index (χ1) is 22.1. The third kappa shape index (κ3) is 2.86. The van der Waals surface area contributed by atoms with E-state index < -0.39 is 0 Å². The number of aliphatic imine (C=N–C) groups is 1. The molecular weight excluding hydrogens is 550 g/mol. The molecule has 1 N–H and O–H groups in total. The second-order valence-electron chi connectivity index (χ2n) is 13.2. The van der Waals surface area contributed by atoms with Crippen LogP contribution in [0.5, 0.6) is 0 Å². The average Bonchev–Trinajstić information content (AvgIpc) is 3.78. The molecular formula is C41H27N3O. The van der Waals surface area contributed by atoms with Crippen molar-refractivity contribution in [2.24, 2.45) is 4.99 Å². The molecule has 5 aromatic carbocycles. The largest absolute Gasteiger partial charge is 0.456 e. The van der Waals surface area contributed by atoms with Crippen LogP contribution in [0, 0.1) is 0 Å². The summed E-state index contributed by atoms with van der Waals surface area (Å²) in [7, 11) is 0. The smallest absolute Gasteiger partial charge is 0.139 e. The second-order valence-corrected chi connectivity index (χ2v) is 13.2. The molecule has 212 valence electrons. The molecule has 3 aromatic heterocycles. The Morgan fingerprint density at radius 2 is 1.56 bits per heavy atom. The van der Waals surface area contributed by atoms with Crippen LogP contribution in [-0.4, -0.2) is 16.2 Å². The summed E-state index contributed by atoms with van der Waals surface area (Å²) in [6.07, 6.45) is 8.48. The van der Waals surface area contributed by atoms with Crippen LogP contribution < -0.4 is 5.32 Å². The summed E-state index contributed by atoms with van der Waals surface area (Å²) in [5.41, 5.74) is 14.1. The van der Waals surface area contributed by atoms with Crippen LogP contribution in [0.15, 0.2) is 125 Å². The summed E-state index contributed by atoms with van der Waals surface area (Å²) < 4.78 is 8.79. The number of fused-ring (bicyclic) bond motifs is 14. The molecule has 1 atom stereocenters. The minimum absolute atomic E-state index is 0.0171. The van der Waals surface area contributed by atoms with Crippen LogP contribution in [-0.2, 0) is 5.41 Å². The van der Waals surface area contributed by atoms with E-state index in [9.17, 15) is 0 Å². The molecule has 4 heterocycles. The van der Waals surface area contributed by atoms with Crippen LogP contribution in [0.2, 0.25) is 0 Å². The highest BCUT2D eigenvalue weighted by Gasteiger charge is 2.35. The zero-order valence-electron chi connectivity index (χ0n) is 24.8. The van der Waals surface area contributed by atoms with Crippen LogP contribution in [0.1, 0.15) is 25.0 Å². The highest BCUT2D eigenvalue weighted by molar-refractivity contribution is 6.29. The highest BCUT2D eigenvalue weighted by Crippen LogP contribution is 2.52. The SMILES string of the molecule is CC1(C)c2ccccc2-c2cc(-c3cc4c5c(n6c4c(c3)c3ccc4oc7ccccc7c4c36)NC3C=CC=CC3=N5)ccc21. The topological polar surface area (TPSA) is 41.9 Å². The van der Waals surface area contributed by atoms with Gasteiger partial charge in [-0.2, -0.15) is 0 Å². The van der Waals surface area contributed by atoms with Gasteiger partial charge in [-0.25, -0.2) is 4.99 Å². The van der Waals surface area contributed by atoms with Crippen molar-refractivity contribution in [1.82, 2.24) is 4.40 Å². The van der Waals surface area contributed by atoms with E-state index in [1.807, 2.05) is 6.07 Å². The molecule has 0 saturated heterocycles. The Labute approximate surface area is 258 Å². The van der Waals surface area contributed by atoms with Crippen molar-refractivity contribution in [3.05, 3.63) is 126 Å². The molecule has 8 aromatic rings. The summed E-state index contributed by atoms with van der Waals surface area (Å²) in [6.45, 7) is 4.68. The van der Waals surface area contributed by atoms with E-state index in [4.69, 9.17) is 9.41 Å². The molecule has 0 saturated carbocycles. The number of benzene rings is 5. The summed E-state index contributed by atoms with van der Waals surface area (Å²) in [6, 6.07) is 33.4. The van der Waals surface area contributed by atoms with Gasteiger partial charge in [0.25, 0.3) is 0 Å². The van der Waals surface area contributed by atoms with Gasteiger partial charge in [-0.3, -0.25) is 4.40 Å². The number of para-hydroxylation sites is 1. The highest BCUT2D eigenvalue weighted by atomic mass is 16.3. The predicted molar refractivity (Wildman–Crippen MR) is 187 cm³/mol. The van der Waals surface area contributed by atoms with E-state index >= 15 is 0 Å². The van der Waals surface area contributed by atoms with E-state index in [2.05, 4.69) is 133 Å². The van der Waals surface area contributed by atoms with Gasteiger partial charge >= 0.3 is 0 Å². The van der Waals surface area contributed by atoms with E-state index in [1.165, 1.54) is 55.2 Å². The van der Waals surface area contributed by atoms with Gasteiger partial charge in [0.1, 0.15) is 22.7 Å². The molecule has 0 amide bonds. The van der Waals surface area contributed by atoms with Crippen LogP contribution >= 0.6 is 0 Å². The number of nitrogens with zero attached hydrogens (tertiary/aromatic N) is 2. The van der Waals surface area contributed by atoms with Gasteiger partial charge in [0.2, 0.25) is 0 Å². The molecule has 11 rings (SSSR count). The molecule has 2 aliphatic carbocycles. The second kappa shape index (κ2) is 7.91. The van der Waals surface area contributed by atoms with E-state index in [0.717, 1.165) is 44.5 Å². The monoisotopic (exact) mass is 577 g/mol. The van der Waals surface area contributed by atoms with Gasteiger partial charge < -0.3 is 9.73 Å². The van der Waals surface area contributed by atoms with E-state index in [-0.39, 0.29) is 11.5 Å². The van der Waals surface area contributed by atoms with Gasteiger partial charge in [-0.1, -0.05) is 86.7 Å². The van der Waals surface area contributed by atoms with Gasteiger partial charge in [-0.05, 0) is 75.9 Å². The van der Waals surface area contributed by atoms with Crippen LogP contribution in [0.25, 0.3) is 71.4 Å². The van der Waals surface area contributed by atoms with Crippen LogP contribution in [0.3, 0.4) is 0 Å². The maximum atomic E-state index is 6.38. The Hall–Kier alpha value is -5.61. The molecule has 0 spiro atoms. The van der Waals surface area contributed by atoms with E-state index in [0.29, 0.717) is 0 Å². The third-order valence-electron chi connectivity index (χ3n) is 10.5. The molecule has 1 aliphatic heterocycles. The number of hydrogen-bond donors (Lipinski definition) is 1. The molecule has 1 unspecified atom stereocenters. The summed E-state index contributed by atoms with van der Waals surface area (Å²) in [4.78, 5) is 5.31. The molecule has 0 radical (unpaired) electrons. The van der Waals surface area contributed by atoms with Gasteiger partial charge in [0.05, 0.1) is 28.2 Å². The normalized spacial score (nSPS) is 17.6.